The largest absolute Gasteiger partial charge is 0.395 e. The summed E-state index contributed by atoms with van der Waals surface area (Å²) in [6.07, 6.45) is 1.05. The molecule has 1 heterocycles. The Kier molecular flexibility index (Phi) is 4.69. The van der Waals surface area contributed by atoms with Crippen LogP contribution in [0.15, 0.2) is 0 Å². The van der Waals surface area contributed by atoms with E-state index in [1.807, 2.05) is 4.90 Å². The van der Waals surface area contributed by atoms with Gasteiger partial charge in [0.25, 0.3) is 0 Å². The molecule has 0 spiro atoms. The molecular weight excluding hydrogens is 182 g/mol. The molecular formula is C9H19N3O2. The summed E-state index contributed by atoms with van der Waals surface area (Å²) in [4.78, 5) is 13.1. The molecule has 3 N–H and O–H groups in total. The molecule has 1 aliphatic heterocycles. The predicted molar refractivity (Wildman–Crippen MR) is 54.1 cm³/mol. The second-order valence-corrected chi connectivity index (χ2v) is 3.58. The van der Waals surface area contributed by atoms with E-state index in [-0.39, 0.29) is 12.6 Å². The quantitative estimate of drug-likeness (QED) is 0.523. The van der Waals surface area contributed by atoms with Gasteiger partial charge in [0.1, 0.15) is 0 Å². The van der Waals surface area contributed by atoms with Gasteiger partial charge in [0.2, 0.25) is 0 Å². The van der Waals surface area contributed by atoms with Gasteiger partial charge in [0.05, 0.1) is 6.61 Å². The number of hydrogen-bond acceptors (Lipinski definition) is 3. The summed E-state index contributed by atoms with van der Waals surface area (Å²) < 4.78 is 0. The van der Waals surface area contributed by atoms with E-state index < -0.39 is 0 Å². The maximum atomic E-state index is 11.2. The number of likely N-dealkylation sites (tertiary alicyclic amines) is 1. The second-order valence-electron chi connectivity index (χ2n) is 3.58. The van der Waals surface area contributed by atoms with Gasteiger partial charge in [-0.05, 0) is 18.9 Å². The van der Waals surface area contributed by atoms with E-state index >= 15 is 0 Å². The predicted octanol–water partition coefficient (Wildman–Crippen LogP) is -0.770. The van der Waals surface area contributed by atoms with Gasteiger partial charge in [0.15, 0.2) is 0 Å². The Morgan fingerprint density at radius 3 is 3.07 bits per heavy atom. The van der Waals surface area contributed by atoms with Gasteiger partial charge in [-0.15, -0.1) is 0 Å². The van der Waals surface area contributed by atoms with Gasteiger partial charge < -0.3 is 20.6 Å². The molecule has 0 radical (unpaired) electrons. The van der Waals surface area contributed by atoms with Crippen molar-refractivity contribution in [2.24, 2.45) is 5.92 Å². The molecule has 1 atom stereocenters. The Hall–Kier alpha value is -0.810. The lowest BCUT2D eigenvalue weighted by Gasteiger charge is -2.15. The van der Waals surface area contributed by atoms with E-state index in [4.69, 9.17) is 5.11 Å². The molecule has 2 amide bonds. The van der Waals surface area contributed by atoms with Crippen molar-refractivity contribution < 1.29 is 9.90 Å². The van der Waals surface area contributed by atoms with Crippen molar-refractivity contribution in [3.63, 3.8) is 0 Å². The minimum Gasteiger partial charge on any atom is -0.395 e. The first-order valence-corrected chi connectivity index (χ1v) is 5.06. The highest BCUT2D eigenvalue weighted by molar-refractivity contribution is 5.74. The molecule has 1 rings (SSSR count). The summed E-state index contributed by atoms with van der Waals surface area (Å²) in [5, 5.41) is 14.3. The van der Waals surface area contributed by atoms with E-state index in [9.17, 15) is 4.79 Å². The number of rotatable bonds is 4. The SMILES string of the molecule is CNC(=O)N1CCC(CNCCO)C1. The number of carbonyl (C=O) groups is 1. The standard InChI is InChI=1S/C9H19N3O2/c1-10-9(14)12-4-2-8(7-12)6-11-3-5-13/h8,11,13H,2-7H2,1H3,(H,10,14). The molecule has 0 aromatic heterocycles. The highest BCUT2D eigenvalue weighted by atomic mass is 16.3. The summed E-state index contributed by atoms with van der Waals surface area (Å²) in [6.45, 7) is 3.35. The topological polar surface area (TPSA) is 64.6 Å². The van der Waals surface area contributed by atoms with Crippen LogP contribution < -0.4 is 10.6 Å². The molecule has 5 heteroatoms. The molecule has 1 aliphatic rings. The van der Waals surface area contributed by atoms with Crippen molar-refractivity contribution >= 4 is 6.03 Å². The zero-order valence-corrected chi connectivity index (χ0v) is 8.62. The highest BCUT2D eigenvalue weighted by Crippen LogP contribution is 2.14. The van der Waals surface area contributed by atoms with Crippen LogP contribution in [-0.4, -0.2) is 55.9 Å². The van der Waals surface area contributed by atoms with Crippen LogP contribution in [0.4, 0.5) is 4.79 Å². The van der Waals surface area contributed by atoms with E-state index in [1.165, 1.54) is 0 Å². The third-order valence-electron chi connectivity index (χ3n) is 2.51. The summed E-state index contributed by atoms with van der Waals surface area (Å²) >= 11 is 0. The Labute approximate surface area is 84.5 Å². The molecule has 14 heavy (non-hydrogen) atoms. The lowest BCUT2D eigenvalue weighted by atomic mass is 10.1. The number of hydrogen-bond donors (Lipinski definition) is 3. The van der Waals surface area contributed by atoms with Gasteiger partial charge in [0, 0.05) is 26.7 Å². The third kappa shape index (κ3) is 3.16. The van der Waals surface area contributed by atoms with E-state index in [0.29, 0.717) is 12.5 Å². The van der Waals surface area contributed by atoms with Crippen molar-refractivity contribution in [1.82, 2.24) is 15.5 Å². The summed E-state index contributed by atoms with van der Waals surface area (Å²) in [5.74, 6) is 0.527. The van der Waals surface area contributed by atoms with Crippen LogP contribution in [0.1, 0.15) is 6.42 Å². The fourth-order valence-electron chi connectivity index (χ4n) is 1.73. The van der Waals surface area contributed by atoms with Crippen LogP contribution in [0, 0.1) is 5.92 Å². The zero-order chi connectivity index (χ0) is 10.4. The third-order valence-corrected chi connectivity index (χ3v) is 2.51. The summed E-state index contributed by atoms with van der Waals surface area (Å²) in [5.41, 5.74) is 0. The van der Waals surface area contributed by atoms with Gasteiger partial charge >= 0.3 is 6.03 Å². The monoisotopic (exact) mass is 201 g/mol. The Morgan fingerprint density at radius 1 is 1.64 bits per heavy atom. The first-order chi connectivity index (χ1) is 6.77. The first kappa shape index (κ1) is 11.3. The number of urea groups is 1. The van der Waals surface area contributed by atoms with Gasteiger partial charge in [-0.3, -0.25) is 0 Å². The number of carbonyl (C=O) groups excluding carboxylic acids is 1. The van der Waals surface area contributed by atoms with Crippen molar-refractivity contribution in [2.75, 3.05) is 39.8 Å². The Bertz CT molecular complexity index is 187. The number of aliphatic hydroxyl groups excluding tert-OH is 1. The lowest BCUT2D eigenvalue weighted by molar-refractivity contribution is 0.209. The molecule has 1 saturated heterocycles. The van der Waals surface area contributed by atoms with E-state index in [1.54, 1.807) is 7.05 Å². The molecule has 1 unspecified atom stereocenters. The maximum Gasteiger partial charge on any atom is 0.317 e. The molecule has 5 nitrogen and oxygen atoms in total. The van der Waals surface area contributed by atoms with Gasteiger partial charge in [-0.25, -0.2) is 4.79 Å². The average molecular weight is 201 g/mol. The van der Waals surface area contributed by atoms with Crippen molar-refractivity contribution in [2.45, 2.75) is 6.42 Å². The first-order valence-electron chi connectivity index (χ1n) is 5.06. The zero-order valence-electron chi connectivity index (χ0n) is 8.62. The Balaban J connectivity index is 2.17. The second kappa shape index (κ2) is 5.82. The number of nitrogens with zero attached hydrogens (tertiary/aromatic N) is 1. The normalized spacial score (nSPS) is 21.3. The fraction of sp³-hybridized carbons (Fsp3) is 0.889. The molecule has 0 bridgehead atoms. The minimum absolute atomic E-state index is 0.00894. The molecule has 0 aromatic rings. The summed E-state index contributed by atoms with van der Waals surface area (Å²) in [7, 11) is 1.65. The van der Waals surface area contributed by atoms with Crippen LogP contribution in [0.5, 0.6) is 0 Å². The van der Waals surface area contributed by atoms with Crippen molar-refractivity contribution in [3.8, 4) is 0 Å². The molecule has 82 valence electrons. The minimum atomic E-state index is 0.00894. The number of nitrogens with one attached hydrogen (secondary N) is 2. The number of amides is 2. The molecule has 0 saturated carbocycles. The smallest absolute Gasteiger partial charge is 0.317 e. The van der Waals surface area contributed by atoms with Gasteiger partial charge in [-0.1, -0.05) is 0 Å². The Morgan fingerprint density at radius 2 is 2.43 bits per heavy atom. The van der Waals surface area contributed by atoms with Crippen LogP contribution in [0.3, 0.4) is 0 Å². The van der Waals surface area contributed by atoms with Crippen molar-refractivity contribution in [3.05, 3.63) is 0 Å². The van der Waals surface area contributed by atoms with E-state index in [0.717, 1.165) is 26.1 Å². The highest BCUT2D eigenvalue weighted by Gasteiger charge is 2.24. The lowest BCUT2D eigenvalue weighted by Crippen LogP contribution is -2.37. The van der Waals surface area contributed by atoms with Crippen molar-refractivity contribution in [1.29, 1.82) is 0 Å². The molecule has 0 aromatic carbocycles. The van der Waals surface area contributed by atoms with Crippen LogP contribution in [-0.2, 0) is 0 Å². The molecule has 1 fully saturated rings. The van der Waals surface area contributed by atoms with Crippen LogP contribution in [0.2, 0.25) is 0 Å². The fourth-order valence-corrected chi connectivity index (χ4v) is 1.73. The van der Waals surface area contributed by atoms with E-state index in [2.05, 4.69) is 10.6 Å². The maximum absolute atomic E-state index is 11.2. The van der Waals surface area contributed by atoms with Crippen LogP contribution in [0.25, 0.3) is 0 Å². The molecule has 0 aliphatic carbocycles. The average Bonchev–Trinajstić information content (AvgIpc) is 2.66. The summed E-state index contributed by atoms with van der Waals surface area (Å²) in [6, 6.07) is 0.00894. The number of aliphatic hydroxyl groups is 1. The van der Waals surface area contributed by atoms with Crippen LogP contribution >= 0.6 is 0 Å². The van der Waals surface area contributed by atoms with Gasteiger partial charge in [-0.2, -0.15) is 0 Å².